The molecule has 0 bridgehead atoms. The zero-order valence-electron chi connectivity index (χ0n) is 6.26. The van der Waals surface area contributed by atoms with Crippen molar-refractivity contribution in [1.82, 2.24) is 0 Å². The van der Waals surface area contributed by atoms with Crippen molar-refractivity contribution < 1.29 is 9.31 Å². The molecular formula is C7H4Br2FNO2. The minimum Gasteiger partial charge on any atom is -0.258 e. The Morgan fingerprint density at radius 1 is 1.54 bits per heavy atom. The SMILES string of the molecule is O=[N+]([O-])c1ccc(CBr)c(Br)c1F. The van der Waals surface area contributed by atoms with Crippen molar-refractivity contribution in [3.05, 3.63) is 38.1 Å². The van der Waals surface area contributed by atoms with Crippen molar-refractivity contribution in [3.8, 4) is 0 Å². The molecule has 70 valence electrons. The molecule has 0 aliphatic heterocycles. The maximum Gasteiger partial charge on any atom is 0.305 e. The summed E-state index contributed by atoms with van der Waals surface area (Å²) in [4.78, 5) is 9.55. The molecule has 0 spiro atoms. The predicted octanol–water partition coefficient (Wildman–Crippen LogP) is 3.39. The van der Waals surface area contributed by atoms with Gasteiger partial charge in [-0.2, -0.15) is 4.39 Å². The van der Waals surface area contributed by atoms with E-state index in [9.17, 15) is 14.5 Å². The Labute approximate surface area is 90.3 Å². The molecule has 0 unspecified atom stereocenters. The van der Waals surface area contributed by atoms with E-state index in [0.29, 0.717) is 10.9 Å². The van der Waals surface area contributed by atoms with Gasteiger partial charge in [0.25, 0.3) is 0 Å². The van der Waals surface area contributed by atoms with Crippen molar-refractivity contribution in [2.24, 2.45) is 0 Å². The van der Waals surface area contributed by atoms with Crippen molar-refractivity contribution in [1.29, 1.82) is 0 Å². The molecule has 0 fully saturated rings. The fourth-order valence-electron chi connectivity index (χ4n) is 0.823. The summed E-state index contributed by atoms with van der Waals surface area (Å²) >= 11 is 6.09. The van der Waals surface area contributed by atoms with Crippen LogP contribution >= 0.6 is 31.9 Å². The fourth-order valence-corrected chi connectivity index (χ4v) is 2.14. The Morgan fingerprint density at radius 2 is 2.15 bits per heavy atom. The van der Waals surface area contributed by atoms with Crippen LogP contribution in [0.15, 0.2) is 16.6 Å². The number of nitrogens with zero attached hydrogens (tertiary/aromatic N) is 1. The lowest BCUT2D eigenvalue weighted by Gasteiger charge is -2.01. The molecule has 0 heterocycles. The lowest BCUT2D eigenvalue weighted by Crippen LogP contribution is -1.95. The van der Waals surface area contributed by atoms with Gasteiger partial charge in [-0.1, -0.05) is 22.0 Å². The zero-order chi connectivity index (χ0) is 10.0. The van der Waals surface area contributed by atoms with Gasteiger partial charge in [0.2, 0.25) is 5.82 Å². The van der Waals surface area contributed by atoms with Crippen LogP contribution < -0.4 is 0 Å². The van der Waals surface area contributed by atoms with Crippen LogP contribution in [0.25, 0.3) is 0 Å². The quantitative estimate of drug-likeness (QED) is 0.477. The van der Waals surface area contributed by atoms with Crippen molar-refractivity contribution >= 4 is 37.5 Å². The molecule has 0 saturated carbocycles. The van der Waals surface area contributed by atoms with E-state index in [0.717, 1.165) is 6.07 Å². The van der Waals surface area contributed by atoms with Gasteiger partial charge in [-0.15, -0.1) is 0 Å². The van der Waals surface area contributed by atoms with E-state index in [1.807, 2.05) is 0 Å². The molecule has 1 aromatic carbocycles. The molecule has 13 heavy (non-hydrogen) atoms. The van der Waals surface area contributed by atoms with E-state index in [1.165, 1.54) is 6.07 Å². The second-order valence-corrected chi connectivity index (χ2v) is 3.62. The first-order valence-corrected chi connectivity index (χ1v) is 5.16. The van der Waals surface area contributed by atoms with Crippen LogP contribution in [0.1, 0.15) is 5.56 Å². The highest BCUT2D eigenvalue weighted by Crippen LogP contribution is 2.29. The normalized spacial score (nSPS) is 10.1. The molecule has 0 aliphatic rings. The third-order valence-electron chi connectivity index (χ3n) is 1.48. The highest BCUT2D eigenvalue weighted by molar-refractivity contribution is 9.10. The summed E-state index contributed by atoms with van der Waals surface area (Å²) in [5, 5.41) is 10.8. The first-order valence-electron chi connectivity index (χ1n) is 3.25. The molecule has 0 aliphatic carbocycles. The zero-order valence-corrected chi connectivity index (χ0v) is 9.43. The molecule has 1 aromatic rings. The molecule has 0 aromatic heterocycles. The molecular weight excluding hydrogens is 309 g/mol. The highest BCUT2D eigenvalue weighted by Gasteiger charge is 2.18. The average molecular weight is 313 g/mol. The van der Waals surface area contributed by atoms with Gasteiger partial charge >= 0.3 is 5.69 Å². The topological polar surface area (TPSA) is 43.1 Å². The molecule has 0 N–H and O–H groups in total. The maximum absolute atomic E-state index is 13.2. The lowest BCUT2D eigenvalue weighted by atomic mass is 10.2. The van der Waals surface area contributed by atoms with Crippen molar-refractivity contribution in [2.75, 3.05) is 0 Å². The number of rotatable bonds is 2. The Kier molecular flexibility index (Phi) is 3.38. The predicted molar refractivity (Wildman–Crippen MR) is 53.4 cm³/mol. The minimum absolute atomic E-state index is 0.138. The largest absolute Gasteiger partial charge is 0.305 e. The number of benzene rings is 1. The monoisotopic (exact) mass is 311 g/mol. The van der Waals surface area contributed by atoms with Crippen LogP contribution in [0.2, 0.25) is 0 Å². The first-order chi connectivity index (χ1) is 6.07. The summed E-state index contributed by atoms with van der Waals surface area (Å²) in [5.41, 5.74) is 0.125. The molecule has 6 heteroatoms. The van der Waals surface area contributed by atoms with E-state index in [2.05, 4.69) is 31.9 Å². The van der Waals surface area contributed by atoms with Crippen LogP contribution in [-0.4, -0.2) is 4.92 Å². The second-order valence-electron chi connectivity index (χ2n) is 2.26. The standard InChI is InChI=1S/C7H4Br2FNO2/c8-3-4-1-2-5(11(12)13)7(10)6(4)9/h1-2H,3H2. The molecule has 0 amide bonds. The average Bonchev–Trinajstić information content (AvgIpc) is 2.09. The number of hydrogen-bond donors (Lipinski definition) is 0. The van der Waals surface area contributed by atoms with Gasteiger partial charge in [0.1, 0.15) is 0 Å². The van der Waals surface area contributed by atoms with Crippen LogP contribution in [0, 0.1) is 15.9 Å². The summed E-state index contributed by atoms with van der Waals surface area (Å²) in [6.45, 7) is 0. The molecule has 0 atom stereocenters. The van der Waals surface area contributed by atoms with Crippen LogP contribution in [-0.2, 0) is 5.33 Å². The van der Waals surface area contributed by atoms with E-state index in [4.69, 9.17) is 0 Å². The summed E-state index contributed by atoms with van der Waals surface area (Å²) in [6.07, 6.45) is 0. The third kappa shape index (κ3) is 2.05. The van der Waals surface area contributed by atoms with E-state index in [1.54, 1.807) is 0 Å². The summed E-state index contributed by atoms with van der Waals surface area (Å²) in [7, 11) is 0. The minimum atomic E-state index is -0.832. The fraction of sp³-hybridized carbons (Fsp3) is 0.143. The van der Waals surface area contributed by atoms with E-state index >= 15 is 0 Å². The van der Waals surface area contributed by atoms with Gasteiger partial charge in [-0.05, 0) is 21.5 Å². The number of nitro groups is 1. The lowest BCUT2D eigenvalue weighted by molar-refractivity contribution is -0.387. The smallest absolute Gasteiger partial charge is 0.258 e. The summed E-state index contributed by atoms with van der Waals surface area (Å²) in [6, 6.07) is 2.65. The van der Waals surface area contributed by atoms with E-state index in [-0.39, 0.29) is 4.47 Å². The van der Waals surface area contributed by atoms with Gasteiger partial charge < -0.3 is 0 Å². The van der Waals surface area contributed by atoms with Gasteiger partial charge in [0.15, 0.2) is 0 Å². The number of nitro benzene ring substituents is 1. The second kappa shape index (κ2) is 4.15. The summed E-state index contributed by atoms with van der Waals surface area (Å²) in [5.74, 6) is -0.832. The Morgan fingerprint density at radius 3 is 2.62 bits per heavy atom. The first kappa shape index (κ1) is 10.6. The van der Waals surface area contributed by atoms with Gasteiger partial charge in [-0.3, -0.25) is 10.1 Å². The Bertz CT molecular complexity index is 357. The highest BCUT2D eigenvalue weighted by atomic mass is 79.9. The maximum atomic E-state index is 13.2. The molecule has 0 saturated heterocycles. The number of alkyl halides is 1. The van der Waals surface area contributed by atoms with Gasteiger partial charge in [0.05, 0.1) is 9.40 Å². The van der Waals surface area contributed by atoms with Crippen LogP contribution in [0.5, 0.6) is 0 Å². The number of hydrogen-bond acceptors (Lipinski definition) is 2. The number of halogens is 3. The van der Waals surface area contributed by atoms with Crippen molar-refractivity contribution in [2.45, 2.75) is 5.33 Å². The van der Waals surface area contributed by atoms with Crippen LogP contribution in [0.3, 0.4) is 0 Å². The van der Waals surface area contributed by atoms with Crippen molar-refractivity contribution in [3.63, 3.8) is 0 Å². The summed E-state index contributed by atoms with van der Waals surface area (Å²) < 4.78 is 13.3. The Hall–Kier alpha value is -0.490. The third-order valence-corrected chi connectivity index (χ3v) is 2.94. The molecule has 0 radical (unpaired) electrons. The van der Waals surface area contributed by atoms with E-state index < -0.39 is 16.4 Å². The molecule has 1 rings (SSSR count). The van der Waals surface area contributed by atoms with Crippen LogP contribution in [0.4, 0.5) is 10.1 Å². The van der Waals surface area contributed by atoms with Gasteiger partial charge in [0, 0.05) is 11.4 Å². The Balaban J connectivity index is 3.31. The molecule has 3 nitrogen and oxygen atoms in total. The van der Waals surface area contributed by atoms with Gasteiger partial charge in [-0.25, -0.2) is 0 Å².